The highest BCUT2D eigenvalue weighted by atomic mass is 79.9. The highest BCUT2D eigenvalue weighted by Gasteiger charge is 2.79. The van der Waals surface area contributed by atoms with E-state index < -0.39 is 22.7 Å². The minimum absolute atomic E-state index is 0.00389. The Hall–Kier alpha value is -3.31. The van der Waals surface area contributed by atoms with Crippen molar-refractivity contribution in [1.29, 1.82) is 0 Å². The topological polar surface area (TPSA) is 54.5 Å². The summed E-state index contributed by atoms with van der Waals surface area (Å²) in [7, 11) is 0. The van der Waals surface area contributed by atoms with Crippen molar-refractivity contribution in [3.8, 4) is 0 Å². The fourth-order valence-corrected chi connectivity index (χ4v) is 7.38. The van der Waals surface area contributed by atoms with Crippen LogP contribution in [0.5, 0.6) is 0 Å². The van der Waals surface area contributed by atoms with Crippen molar-refractivity contribution in [1.82, 2.24) is 0 Å². The Labute approximate surface area is 212 Å². The van der Waals surface area contributed by atoms with Crippen molar-refractivity contribution in [3.05, 3.63) is 101 Å². The fourth-order valence-electron chi connectivity index (χ4n) is 7.00. The van der Waals surface area contributed by atoms with E-state index in [0.717, 1.165) is 26.7 Å². The Morgan fingerprint density at radius 2 is 1.34 bits per heavy atom. The first-order chi connectivity index (χ1) is 16.9. The predicted molar refractivity (Wildman–Crippen MR) is 139 cm³/mol. The van der Waals surface area contributed by atoms with E-state index in [1.165, 1.54) is 4.90 Å². The van der Waals surface area contributed by atoms with E-state index in [1.807, 2.05) is 86.6 Å². The minimum atomic E-state index is -1.10. The third-order valence-electron chi connectivity index (χ3n) is 8.30. The molecule has 2 fully saturated rings. The van der Waals surface area contributed by atoms with E-state index in [2.05, 4.69) is 15.9 Å². The molecule has 3 aromatic rings. The van der Waals surface area contributed by atoms with Crippen LogP contribution >= 0.6 is 15.9 Å². The van der Waals surface area contributed by atoms with Crippen LogP contribution in [0.4, 0.5) is 5.69 Å². The highest BCUT2D eigenvalue weighted by molar-refractivity contribution is 9.10. The molecule has 1 heterocycles. The van der Waals surface area contributed by atoms with Crippen molar-refractivity contribution < 1.29 is 14.4 Å². The lowest BCUT2D eigenvalue weighted by Crippen LogP contribution is -2.41. The lowest BCUT2D eigenvalue weighted by Gasteiger charge is -2.37. The normalized spacial score (nSPS) is 29.3. The zero-order chi connectivity index (χ0) is 24.5. The van der Waals surface area contributed by atoms with Crippen molar-refractivity contribution in [2.24, 2.45) is 22.7 Å². The van der Waals surface area contributed by atoms with Gasteiger partial charge in [0.1, 0.15) is 0 Å². The van der Waals surface area contributed by atoms with Gasteiger partial charge in [-0.25, -0.2) is 4.90 Å². The van der Waals surface area contributed by atoms with E-state index in [4.69, 9.17) is 0 Å². The molecule has 2 bridgehead atoms. The number of amides is 2. The molecule has 0 N–H and O–H groups in total. The quantitative estimate of drug-likeness (QED) is 0.383. The molecule has 35 heavy (non-hydrogen) atoms. The number of allylic oxidation sites excluding steroid dienone is 2. The van der Waals surface area contributed by atoms with Crippen LogP contribution in [0.1, 0.15) is 31.4 Å². The molecule has 2 amide bonds. The van der Waals surface area contributed by atoms with E-state index >= 15 is 0 Å². The van der Waals surface area contributed by atoms with Gasteiger partial charge in [0.25, 0.3) is 0 Å². The largest absolute Gasteiger partial charge is 0.298 e. The van der Waals surface area contributed by atoms with Gasteiger partial charge in [0, 0.05) is 4.47 Å². The van der Waals surface area contributed by atoms with Crippen LogP contribution in [0.3, 0.4) is 0 Å². The Kier molecular flexibility index (Phi) is 4.81. The predicted octanol–water partition coefficient (Wildman–Crippen LogP) is 6.16. The summed E-state index contributed by atoms with van der Waals surface area (Å²) in [5, 5.41) is 0. The van der Waals surface area contributed by atoms with Crippen LogP contribution in [0.15, 0.2) is 89.4 Å². The highest BCUT2D eigenvalue weighted by Crippen LogP contribution is 2.74. The summed E-state index contributed by atoms with van der Waals surface area (Å²) in [6, 6.07) is 27.0. The van der Waals surface area contributed by atoms with Gasteiger partial charge in [-0.3, -0.25) is 14.4 Å². The average Bonchev–Trinajstić information content (AvgIpc) is 3.35. The number of halogens is 1. The maximum atomic E-state index is 14.4. The molecule has 0 spiro atoms. The number of hydrogen-bond donors (Lipinski definition) is 0. The molecule has 4 nitrogen and oxygen atoms in total. The Morgan fingerprint density at radius 1 is 0.771 bits per heavy atom. The van der Waals surface area contributed by atoms with Crippen molar-refractivity contribution >= 4 is 50.4 Å². The first-order valence-electron chi connectivity index (χ1n) is 11.9. The number of hydrogen-bond acceptors (Lipinski definition) is 3. The van der Waals surface area contributed by atoms with Gasteiger partial charge in [-0.05, 0) is 53.8 Å². The number of carbonyl (C=O) groups excluding carboxylic acids is 3. The van der Waals surface area contributed by atoms with Crippen molar-refractivity contribution in [3.63, 3.8) is 0 Å². The molecule has 6 rings (SSSR count). The van der Waals surface area contributed by atoms with Gasteiger partial charge in [-0.15, -0.1) is 0 Å². The van der Waals surface area contributed by atoms with Gasteiger partial charge < -0.3 is 0 Å². The molecular formula is C30H24BrNO3. The molecule has 5 heteroatoms. The average molecular weight is 526 g/mol. The lowest BCUT2D eigenvalue weighted by atomic mass is 9.62. The number of rotatable bonds is 4. The van der Waals surface area contributed by atoms with Gasteiger partial charge >= 0.3 is 0 Å². The lowest BCUT2D eigenvalue weighted by molar-refractivity contribution is -0.134. The van der Waals surface area contributed by atoms with Crippen molar-refractivity contribution in [2.75, 3.05) is 4.90 Å². The van der Waals surface area contributed by atoms with Gasteiger partial charge in [0.05, 0.1) is 28.4 Å². The van der Waals surface area contributed by atoms with Crippen LogP contribution in [0, 0.1) is 22.7 Å². The van der Waals surface area contributed by atoms with Crippen molar-refractivity contribution in [2.45, 2.75) is 20.3 Å². The summed E-state index contributed by atoms with van der Waals surface area (Å²) in [5.41, 5.74) is 2.03. The third kappa shape index (κ3) is 2.65. The SMILES string of the molecule is CC[C@@]12C(=O)[C@@](C)(C(c3ccccc3)=C1c1ccccc1)[C@H]1C(=O)N(c3cccc(Br)c3)C(=O)[C@H]12. The van der Waals surface area contributed by atoms with E-state index in [0.29, 0.717) is 12.1 Å². The summed E-state index contributed by atoms with van der Waals surface area (Å²) in [4.78, 5) is 43.9. The summed E-state index contributed by atoms with van der Waals surface area (Å²) in [5.74, 6) is -2.03. The number of imide groups is 1. The molecule has 1 saturated heterocycles. The molecule has 0 radical (unpaired) electrons. The fraction of sp³-hybridized carbons (Fsp3) is 0.233. The number of nitrogens with zero attached hydrogens (tertiary/aromatic N) is 1. The minimum Gasteiger partial charge on any atom is -0.298 e. The molecule has 1 saturated carbocycles. The van der Waals surface area contributed by atoms with Crippen LogP contribution < -0.4 is 4.90 Å². The Bertz CT molecular complexity index is 1430. The molecule has 0 aromatic heterocycles. The van der Waals surface area contributed by atoms with Gasteiger partial charge in [-0.2, -0.15) is 0 Å². The number of Topliss-reactive ketones (excluding diaryl/α,β-unsaturated/α-hetero) is 1. The van der Waals surface area contributed by atoms with E-state index in [9.17, 15) is 14.4 Å². The first-order valence-corrected chi connectivity index (χ1v) is 12.7. The molecule has 1 aliphatic heterocycles. The second kappa shape index (κ2) is 7.59. The summed E-state index contributed by atoms with van der Waals surface area (Å²) >= 11 is 3.46. The van der Waals surface area contributed by atoms with Crippen LogP contribution in [0.25, 0.3) is 11.1 Å². The number of fused-ring (bicyclic) bond motifs is 5. The molecule has 174 valence electrons. The summed E-state index contributed by atoms with van der Waals surface area (Å²) < 4.78 is 0.788. The Balaban J connectivity index is 1.65. The van der Waals surface area contributed by atoms with E-state index in [-0.39, 0.29) is 17.6 Å². The number of carbonyl (C=O) groups is 3. The molecule has 3 aromatic carbocycles. The number of anilines is 1. The summed E-state index contributed by atoms with van der Waals surface area (Å²) in [6.45, 7) is 3.86. The van der Waals surface area contributed by atoms with Gasteiger partial charge in [-0.1, -0.05) is 89.6 Å². The second-order valence-corrected chi connectivity index (χ2v) is 10.7. The van der Waals surface area contributed by atoms with Crippen LogP contribution in [-0.4, -0.2) is 17.6 Å². The number of ketones is 1. The maximum absolute atomic E-state index is 14.4. The molecule has 3 aliphatic rings. The molecule has 2 aliphatic carbocycles. The monoisotopic (exact) mass is 525 g/mol. The van der Waals surface area contributed by atoms with Crippen LogP contribution in [0.2, 0.25) is 0 Å². The third-order valence-corrected chi connectivity index (χ3v) is 8.79. The van der Waals surface area contributed by atoms with Gasteiger partial charge in [0.2, 0.25) is 11.8 Å². The molecule has 0 unspecified atom stereocenters. The zero-order valence-electron chi connectivity index (χ0n) is 19.5. The van der Waals surface area contributed by atoms with Crippen LogP contribution in [-0.2, 0) is 14.4 Å². The standard InChI is InChI=1S/C30H24BrNO3/c1-3-30-23(19-13-8-5-9-14-19)22(18-11-6-4-7-12-18)29(2,28(30)35)24-25(30)27(34)32(26(24)33)21-16-10-15-20(31)17-21/h4-17,24-25H,3H2,1-2H3/t24-,25+,29+,30-/m1/s1. The number of benzene rings is 3. The maximum Gasteiger partial charge on any atom is 0.239 e. The second-order valence-electron chi connectivity index (χ2n) is 9.79. The molecular weight excluding hydrogens is 502 g/mol. The van der Waals surface area contributed by atoms with Gasteiger partial charge in [0.15, 0.2) is 5.78 Å². The zero-order valence-corrected chi connectivity index (χ0v) is 21.1. The smallest absolute Gasteiger partial charge is 0.239 e. The first kappa shape index (κ1) is 22.2. The van der Waals surface area contributed by atoms with E-state index in [1.54, 1.807) is 12.1 Å². The summed E-state index contributed by atoms with van der Waals surface area (Å²) in [6.07, 6.45) is 0.453. The Morgan fingerprint density at radius 3 is 1.91 bits per heavy atom. The molecule has 4 atom stereocenters.